The number of anilines is 1. The molecular formula is C20H19N5O. The highest BCUT2D eigenvalue weighted by atomic mass is 16.5. The third-order valence-electron chi connectivity index (χ3n) is 5.51. The number of hydrogen-bond acceptors (Lipinski definition) is 5. The molecule has 1 aliphatic carbocycles. The molecule has 130 valence electrons. The molecule has 2 atom stereocenters. The van der Waals surface area contributed by atoms with Crippen LogP contribution in [0.1, 0.15) is 24.8 Å². The van der Waals surface area contributed by atoms with Crippen molar-refractivity contribution in [2.75, 3.05) is 18.1 Å². The maximum atomic E-state index is 9.23. The lowest BCUT2D eigenvalue weighted by Crippen LogP contribution is -2.49. The van der Waals surface area contributed by atoms with E-state index in [2.05, 4.69) is 25.9 Å². The topological polar surface area (TPSA) is 77.8 Å². The van der Waals surface area contributed by atoms with Gasteiger partial charge in [0, 0.05) is 18.3 Å². The zero-order chi connectivity index (χ0) is 17.5. The number of nitrogens with zero attached hydrogens (tertiary/aromatic N) is 4. The average Bonchev–Trinajstić information content (AvgIpc) is 3.34. The van der Waals surface area contributed by atoms with E-state index in [1.54, 1.807) is 6.33 Å². The van der Waals surface area contributed by atoms with E-state index in [1.165, 1.54) is 6.42 Å². The van der Waals surface area contributed by atoms with Crippen molar-refractivity contribution in [3.8, 4) is 17.2 Å². The fourth-order valence-electron chi connectivity index (χ4n) is 4.34. The first-order valence-electron chi connectivity index (χ1n) is 9.06. The quantitative estimate of drug-likeness (QED) is 0.771. The highest BCUT2D eigenvalue weighted by molar-refractivity contribution is 6.01. The molecular weight excluding hydrogens is 326 g/mol. The number of nitriles is 1. The number of nitrogens with one attached hydrogen (secondary N) is 1. The van der Waals surface area contributed by atoms with Gasteiger partial charge in [-0.1, -0.05) is 12.1 Å². The Labute approximate surface area is 151 Å². The van der Waals surface area contributed by atoms with Crippen LogP contribution in [-0.2, 0) is 4.74 Å². The van der Waals surface area contributed by atoms with E-state index in [-0.39, 0.29) is 0 Å². The fourth-order valence-corrected chi connectivity index (χ4v) is 4.34. The monoisotopic (exact) mass is 345 g/mol. The predicted octanol–water partition coefficient (Wildman–Crippen LogP) is 3.25. The van der Waals surface area contributed by atoms with Crippen LogP contribution in [0.5, 0.6) is 0 Å². The molecule has 1 saturated heterocycles. The summed E-state index contributed by atoms with van der Waals surface area (Å²) in [6, 6.07) is 10.3. The van der Waals surface area contributed by atoms with Crippen LogP contribution < -0.4 is 4.90 Å². The number of rotatable bonds is 2. The van der Waals surface area contributed by atoms with Gasteiger partial charge in [-0.2, -0.15) is 5.26 Å². The van der Waals surface area contributed by atoms with Crippen molar-refractivity contribution in [3.05, 3.63) is 42.4 Å². The van der Waals surface area contributed by atoms with E-state index in [9.17, 15) is 5.26 Å². The van der Waals surface area contributed by atoms with E-state index >= 15 is 0 Å². The molecule has 6 nitrogen and oxygen atoms in total. The number of hydrogen-bond donors (Lipinski definition) is 1. The van der Waals surface area contributed by atoms with Crippen molar-refractivity contribution in [2.45, 2.75) is 31.4 Å². The van der Waals surface area contributed by atoms with Gasteiger partial charge in [-0.3, -0.25) is 0 Å². The van der Waals surface area contributed by atoms with Crippen LogP contribution >= 0.6 is 0 Å². The fraction of sp³-hybridized carbons (Fsp3) is 0.350. The maximum absolute atomic E-state index is 9.23. The van der Waals surface area contributed by atoms with Gasteiger partial charge in [-0.25, -0.2) is 9.97 Å². The van der Waals surface area contributed by atoms with Crippen molar-refractivity contribution in [3.63, 3.8) is 0 Å². The lowest BCUT2D eigenvalue weighted by molar-refractivity contribution is 0.0254. The number of ether oxygens (including phenoxy) is 1. The summed E-state index contributed by atoms with van der Waals surface area (Å²) in [4.78, 5) is 14.8. The van der Waals surface area contributed by atoms with Crippen LogP contribution in [0.25, 0.3) is 22.2 Å². The minimum absolute atomic E-state index is 0.304. The van der Waals surface area contributed by atoms with Crippen molar-refractivity contribution in [1.82, 2.24) is 15.0 Å². The lowest BCUT2D eigenvalue weighted by Gasteiger charge is -2.38. The van der Waals surface area contributed by atoms with Crippen LogP contribution in [0.2, 0.25) is 0 Å². The maximum Gasteiger partial charge on any atom is 0.143 e. The van der Waals surface area contributed by atoms with Crippen molar-refractivity contribution < 1.29 is 4.74 Å². The van der Waals surface area contributed by atoms with Crippen LogP contribution in [0, 0.1) is 11.3 Å². The molecule has 2 aromatic heterocycles. The number of aromatic amines is 1. The van der Waals surface area contributed by atoms with Crippen molar-refractivity contribution in [2.24, 2.45) is 0 Å². The van der Waals surface area contributed by atoms with Crippen molar-refractivity contribution >= 4 is 16.9 Å². The predicted molar refractivity (Wildman–Crippen MR) is 98.8 cm³/mol. The molecule has 3 aromatic rings. The first-order chi connectivity index (χ1) is 12.8. The minimum Gasteiger partial charge on any atom is -0.374 e. The number of aromatic nitrogens is 3. The Bertz CT molecular complexity index is 1000. The Hall–Kier alpha value is -2.91. The Balaban J connectivity index is 1.67. The van der Waals surface area contributed by atoms with Crippen molar-refractivity contribution in [1.29, 1.82) is 5.26 Å². The molecule has 6 heteroatoms. The molecule has 5 rings (SSSR count). The second-order valence-electron chi connectivity index (χ2n) is 6.92. The lowest BCUT2D eigenvalue weighted by atomic mass is 10.0. The van der Waals surface area contributed by atoms with Gasteiger partial charge in [0.15, 0.2) is 0 Å². The standard InChI is InChI=1S/C20H19N5O/c21-10-13-3-1-4-14(9-13)15-11-22-19-18(15)20(24-12-23-19)25-7-8-26-17-6-2-5-16(17)25/h1,3-4,9,11-12,16-17H,2,5-8H2,(H,22,23,24). The molecule has 26 heavy (non-hydrogen) atoms. The molecule has 2 aliphatic rings. The molecule has 0 radical (unpaired) electrons. The largest absolute Gasteiger partial charge is 0.374 e. The number of H-pyrrole nitrogens is 1. The summed E-state index contributed by atoms with van der Waals surface area (Å²) in [5, 5.41) is 10.3. The molecule has 1 N–H and O–H groups in total. The third kappa shape index (κ3) is 2.36. The Morgan fingerprint density at radius 3 is 3.15 bits per heavy atom. The molecule has 0 bridgehead atoms. The molecule has 0 spiro atoms. The first-order valence-corrected chi connectivity index (χ1v) is 9.06. The highest BCUT2D eigenvalue weighted by Crippen LogP contribution is 2.38. The first kappa shape index (κ1) is 15.4. The normalized spacial score (nSPS) is 22.3. The second kappa shape index (κ2) is 6.11. The third-order valence-corrected chi connectivity index (χ3v) is 5.51. The number of morpholine rings is 1. The summed E-state index contributed by atoms with van der Waals surface area (Å²) in [6.45, 7) is 1.58. The van der Waals surface area contributed by atoms with Gasteiger partial charge >= 0.3 is 0 Å². The SMILES string of the molecule is N#Cc1cccc(-c2c[nH]c3ncnc(N4CCOC5CCCC54)c23)c1. The summed E-state index contributed by atoms with van der Waals surface area (Å²) in [5.74, 6) is 0.966. The summed E-state index contributed by atoms with van der Waals surface area (Å²) < 4.78 is 5.96. The molecule has 1 aliphatic heterocycles. The number of benzene rings is 1. The molecule has 1 saturated carbocycles. The molecule has 2 unspecified atom stereocenters. The molecule has 3 heterocycles. The average molecular weight is 345 g/mol. The molecule has 2 fully saturated rings. The molecule has 0 amide bonds. The van der Waals surface area contributed by atoms with E-state index in [0.29, 0.717) is 17.7 Å². The van der Waals surface area contributed by atoms with Crippen LogP contribution in [-0.4, -0.2) is 40.2 Å². The smallest absolute Gasteiger partial charge is 0.143 e. The summed E-state index contributed by atoms with van der Waals surface area (Å²) in [6.07, 6.45) is 7.36. The Kier molecular flexibility index (Phi) is 3.61. The van der Waals surface area contributed by atoms with Gasteiger partial charge in [0.1, 0.15) is 17.8 Å². The Morgan fingerprint density at radius 2 is 2.23 bits per heavy atom. The minimum atomic E-state index is 0.304. The van der Waals surface area contributed by atoms with E-state index < -0.39 is 0 Å². The molecule has 1 aromatic carbocycles. The van der Waals surface area contributed by atoms with E-state index in [4.69, 9.17) is 4.74 Å². The van der Waals surface area contributed by atoms with Crippen LogP contribution in [0.3, 0.4) is 0 Å². The van der Waals surface area contributed by atoms with Gasteiger partial charge < -0.3 is 14.6 Å². The zero-order valence-corrected chi connectivity index (χ0v) is 14.4. The summed E-state index contributed by atoms with van der Waals surface area (Å²) in [7, 11) is 0. The van der Waals surface area contributed by atoms with E-state index in [0.717, 1.165) is 54.0 Å². The summed E-state index contributed by atoms with van der Waals surface area (Å²) >= 11 is 0. The van der Waals surface area contributed by atoms with E-state index in [1.807, 2.05) is 30.5 Å². The van der Waals surface area contributed by atoms with Gasteiger partial charge in [-0.15, -0.1) is 0 Å². The van der Waals surface area contributed by atoms with Gasteiger partial charge in [-0.05, 0) is 37.0 Å². The number of fused-ring (bicyclic) bond motifs is 2. The van der Waals surface area contributed by atoms with Crippen LogP contribution in [0.15, 0.2) is 36.8 Å². The van der Waals surface area contributed by atoms with Crippen LogP contribution in [0.4, 0.5) is 5.82 Å². The zero-order valence-electron chi connectivity index (χ0n) is 14.4. The highest BCUT2D eigenvalue weighted by Gasteiger charge is 2.37. The summed E-state index contributed by atoms with van der Waals surface area (Å²) in [5.41, 5.74) is 3.52. The van der Waals surface area contributed by atoms with Gasteiger partial charge in [0.2, 0.25) is 0 Å². The van der Waals surface area contributed by atoms with Gasteiger partial charge in [0.05, 0.1) is 35.8 Å². The Morgan fingerprint density at radius 1 is 1.27 bits per heavy atom. The second-order valence-corrected chi connectivity index (χ2v) is 6.92. The van der Waals surface area contributed by atoms with Gasteiger partial charge in [0.25, 0.3) is 0 Å².